The number of carbonyl (C=O) groups excluding carboxylic acids is 2. The highest BCUT2D eigenvalue weighted by atomic mass is 16.5. The van der Waals surface area contributed by atoms with Crippen molar-refractivity contribution in [3.8, 4) is 17.2 Å². The van der Waals surface area contributed by atoms with Gasteiger partial charge in [-0.1, -0.05) is 54.6 Å². The Hall–Kier alpha value is -5.16. The summed E-state index contributed by atoms with van der Waals surface area (Å²) in [6, 6.07) is 23.6. The third kappa shape index (κ3) is 5.18. The van der Waals surface area contributed by atoms with Gasteiger partial charge in [-0.25, -0.2) is 4.98 Å². The maximum Gasteiger partial charge on any atom is 0.325 e. The number of carbonyl (C=O) groups is 2. The fourth-order valence-electron chi connectivity index (χ4n) is 4.47. The molecule has 0 saturated carbocycles. The minimum atomic E-state index is -0.517. The van der Waals surface area contributed by atoms with E-state index in [1.54, 1.807) is 30.9 Å². The molecule has 8 heteroatoms. The first-order chi connectivity index (χ1) is 18.6. The molecule has 5 aromatic rings. The van der Waals surface area contributed by atoms with Crippen molar-refractivity contribution in [2.24, 2.45) is 0 Å². The number of methoxy groups -OCH3 is 1. The third-order valence-corrected chi connectivity index (χ3v) is 6.40. The van der Waals surface area contributed by atoms with Gasteiger partial charge in [-0.05, 0) is 34.0 Å². The Labute approximate surface area is 219 Å². The summed E-state index contributed by atoms with van der Waals surface area (Å²) in [4.78, 5) is 29.2. The molecule has 0 spiro atoms. The molecule has 0 unspecified atom stereocenters. The van der Waals surface area contributed by atoms with Crippen LogP contribution in [0.25, 0.3) is 21.9 Å². The zero-order valence-corrected chi connectivity index (χ0v) is 20.8. The molecule has 2 aromatic heterocycles. The van der Waals surface area contributed by atoms with Crippen molar-refractivity contribution in [2.45, 2.75) is 13.1 Å². The molecule has 0 atom stereocenters. The highest BCUT2D eigenvalue weighted by Crippen LogP contribution is 2.32. The second kappa shape index (κ2) is 10.8. The van der Waals surface area contributed by atoms with Crippen LogP contribution in [0.2, 0.25) is 0 Å². The molecule has 0 aliphatic heterocycles. The summed E-state index contributed by atoms with van der Waals surface area (Å²) in [5.74, 6) is -0.876. The monoisotopic (exact) mass is 503 g/mol. The molecule has 1 amide bonds. The molecule has 38 heavy (non-hydrogen) atoms. The summed E-state index contributed by atoms with van der Waals surface area (Å²) >= 11 is 0. The van der Waals surface area contributed by atoms with Gasteiger partial charge in [0.2, 0.25) is 0 Å². The maximum atomic E-state index is 13.2. The zero-order valence-electron chi connectivity index (χ0n) is 20.8. The number of amides is 1. The van der Waals surface area contributed by atoms with E-state index < -0.39 is 5.97 Å². The summed E-state index contributed by atoms with van der Waals surface area (Å²) in [6.45, 7) is 0.871. The van der Waals surface area contributed by atoms with Crippen molar-refractivity contribution >= 4 is 22.6 Å². The fourth-order valence-corrected chi connectivity index (χ4v) is 4.47. The van der Waals surface area contributed by atoms with Crippen molar-refractivity contribution < 1.29 is 14.3 Å². The lowest BCUT2D eigenvalue weighted by Crippen LogP contribution is -2.30. The lowest BCUT2D eigenvalue weighted by Gasteiger charge is -2.09. The Morgan fingerprint density at radius 2 is 1.76 bits per heavy atom. The minimum Gasteiger partial charge on any atom is -0.468 e. The number of nitrogens with one attached hydrogen (secondary N) is 1. The number of ether oxygens (including phenoxy) is 1. The summed E-state index contributed by atoms with van der Waals surface area (Å²) in [5.41, 5.74) is 4.78. The molecule has 0 fully saturated rings. The average molecular weight is 504 g/mol. The Balaban J connectivity index is 1.48. The van der Waals surface area contributed by atoms with Crippen LogP contribution in [0.1, 0.15) is 27.2 Å². The fraction of sp³-hybridized carbons (Fsp3) is 0.133. The van der Waals surface area contributed by atoms with Crippen molar-refractivity contribution in [1.29, 1.82) is 5.26 Å². The van der Waals surface area contributed by atoms with Crippen LogP contribution in [0, 0.1) is 11.3 Å². The second-order valence-electron chi connectivity index (χ2n) is 8.87. The number of fused-ring (bicyclic) bond motifs is 1. The van der Waals surface area contributed by atoms with Gasteiger partial charge in [-0.15, -0.1) is 0 Å². The van der Waals surface area contributed by atoms with E-state index in [-0.39, 0.29) is 12.5 Å². The highest BCUT2D eigenvalue weighted by Gasteiger charge is 2.19. The van der Waals surface area contributed by atoms with Gasteiger partial charge in [0.05, 0.1) is 42.9 Å². The van der Waals surface area contributed by atoms with Gasteiger partial charge >= 0.3 is 5.97 Å². The van der Waals surface area contributed by atoms with Gasteiger partial charge in [0.15, 0.2) is 0 Å². The van der Waals surface area contributed by atoms with Crippen LogP contribution in [0.4, 0.5) is 0 Å². The van der Waals surface area contributed by atoms with E-state index in [1.807, 2.05) is 69.9 Å². The number of hydrogen-bond acceptors (Lipinski definition) is 5. The molecule has 2 heterocycles. The number of benzene rings is 3. The third-order valence-electron chi connectivity index (χ3n) is 6.40. The van der Waals surface area contributed by atoms with E-state index in [9.17, 15) is 9.59 Å². The van der Waals surface area contributed by atoms with Crippen LogP contribution < -0.4 is 5.32 Å². The molecule has 0 bridgehead atoms. The molecule has 5 rings (SSSR count). The molecule has 0 aliphatic rings. The molecular weight excluding hydrogens is 478 g/mol. The van der Waals surface area contributed by atoms with Gasteiger partial charge in [-0.3, -0.25) is 9.59 Å². The molecule has 3 aromatic carbocycles. The van der Waals surface area contributed by atoms with Crippen molar-refractivity contribution in [2.75, 3.05) is 13.7 Å². The van der Waals surface area contributed by atoms with E-state index in [1.165, 1.54) is 7.11 Å². The summed E-state index contributed by atoms with van der Waals surface area (Å²) in [5, 5.41) is 13.8. The van der Waals surface area contributed by atoms with Crippen LogP contribution in [-0.2, 0) is 22.6 Å². The average Bonchev–Trinajstić information content (AvgIpc) is 3.58. The largest absolute Gasteiger partial charge is 0.468 e. The Kier molecular flexibility index (Phi) is 7.00. The molecule has 188 valence electrons. The van der Waals surface area contributed by atoms with Gasteiger partial charge in [0.1, 0.15) is 6.54 Å². The van der Waals surface area contributed by atoms with Crippen molar-refractivity contribution in [3.05, 3.63) is 114 Å². The Bertz CT molecular complexity index is 1650. The van der Waals surface area contributed by atoms with Gasteiger partial charge in [0, 0.05) is 30.7 Å². The quantitative estimate of drug-likeness (QED) is 0.317. The highest BCUT2D eigenvalue weighted by molar-refractivity contribution is 6.06. The van der Waals surface area contributed by atoms with Crippen LogP contribution in [0.5, 0.6) is 0 Å². The molecule has 0 radical (unpaired) electrons. The first-order valence-electron chi connectivity index (χ1n) is 12.1. The zero-order chi connectivity index (χ0) is 26.5. The van der Waals surface area contributed by atoms with Crippen LogP contribution in [0.3, 0.4) is 0 Å². The topological polar surface area (TPSA) is 102 Å². The SMILES string of the molecule is COC(=O)CNC(=O)c1cn(Cc2cncn2Cc2ccc(C#N)cc2)cc1-c1cccc2ccccc12. The predicted octanol–water partition coefficient (Wildman–Crippen LogP) is 4.38. The predicted molar refractivity (Wildman–Crippen MR) is 143 cm³/mol. The second-order valence-corrected chi connectivity index (χ2v) is 8.87. The van der Waals surface area contributed by atoms with E-state index in [0.717, 1.165) is 33.2 Å². The summed E-state index contributed by atoms with van der Waals surface area (Å²) < 4.78 is 8.67. The van der Waals surface area contributed by atoms with E-state index in [4.69, 9.17) is 5.26 Å². The van der Waals surface area contributed by atoms with E-state index >= 15 is 0 Å². The normalized spacial score (nSPS) is 10.7. The summed E-state index contributed by atoms with van der Waals surface area (Å²) in [6.07, 6.45) is 7.32. The Morgan fingerprint density at radius 3 is 2.55 bits per heavy atom. The maximum absolute atomic E-state index is 13.2. The van der Waals surface area contributed by atoms with E-state index in [2.05, 4.69) is 21.1 Å². The molecule has 0 saturated heterocycles. The first-order valence-corrected chi connectivity index (χ1v) is 12.1. The van der Waals surface area contributed by atoms with Crippen molar-refractivity contribution in [1.82, 2.24) is 19.4 Å². The van der Waals surface area contributed by atoms with Crippen LogP contribution in [0.15, 0.2) is 91.6 Å². The molecule has 1 N–H and O–H groups in total. The van der Waals surface area contributed by atoms with Gasteiger partial charge in [-0.2, -0.15) is 5.26 Å². The van der Waals surface area contributed by atoms with Crippen molar-refractivity contribution in [3.63, 3.8) is 0 Å². The van der Waals surface area contributed by atoms with E-state index in [0.29, 0.717) is 24.2 Å². The standard InChI is InChI=1S/C30H25N5O3/c1-38-29(36)15-33-30(37)28-19-34(18-27(28)26-8-4-6-23-5-2-3-7-25(23)26)17-24-14-32-20-35(24)16-22-11-9-21(13-31)10-12-22/h2-12,14,18-20H,15-17H2,1H3,(H,33,37). The number of aromatic nitrogens is 3. The van der Waals surface area contributed by atoms with Crippen LogP contribution in [-0.4, -0.2) is 39.6 Å². The Morgan fingerprint density at radius 1 is 0.974 bits per heavy atom. The lowest BCUT2D eigenvalue weighted by molar-refractivity contribution is -0.139. The van der Waals surface area contributed by atoms with Gasteiger partial charge < -0.3 is 19.2 Å². The lowest BCUT2D eigenvalue weighted by atomic mass is 9.97. The van der Waals surface area contributed by atoms with Gasteiger partial charge in [0.25, 0.3) is 5.91 Å². The smallest absolute Gasteiger partial charge is 0.325 e. The summed E-state index contributed by atoms with van der Waals surface area (Å²) in [7, 11) is 1.29. The molecular formula is C30H25N5O3. The molecule has 8 nitrogen and oxygen atoms in total. The number of rotatable bonds is 8. The number of nitrogens with zero attached hydrogens (tertiary/aromatic N) is 4. The minimum absolute atomic E-state index is 0.215. The first kappa shape index (κ1) is 24.5. The number of hydrogen-bond donors (Lipinski definition) is 1. The molecule has 0 aliphatic carbocycles. The number of imidazole rings is 1. The van der Waals surface area contributed by atoms with Crippen LogP contribution >= 0.6 is 0 Å². The number of esters is 1. The number of nitriles is 1.